The van der Waals surface area contributed by atoms with Gasteiger partial charge in [0.05, 0.1) is 25.9 Å². The third kappa shape index (κ3) is 5.03. The molecule has 24 heavy (non-hydrogen) atoms. The van der Waals surface area contributed by atoms with Crippen LogP contribution in [-0.4, -0.2) is 24.9 Å². The molecule has 3 atom stereocenters. The van der Waals surface area contributed by atoms with Gasteiger partial charge >= 0.3 is 0 Å². The van der Waals surface area contributed by atoms with Crippen LogP contribution in [0.15, 0.2) is 73.3 Å². The summed E-state index contributed by atoms with van der Waals surface area (Å²) >= 11 is 0. The van der Waals surface area contributed by atoms with E-state index in [4.69, 9.17) is 14.2 Å². The molecule has 0 radical (unpaired) electrons. The van der Waals surface area contributed by atoms with E-state index in [0.29, 0.717) is 13.2 Å². The van der Waals surface area contributed by atoms with Gasteiger partial charge in [-0.15, -0.1) is 6.58 Å². The molecule has 2 aromatic carbocycles. The number of rotatable bonds is 10. The Kier molecular flexibility index (Phi) is 6.19. The van der Waals surface area contributed by atoms with E-state index >= 15 is 0 Å². The molecule has 1 heterocycles. The van der Waals surface area contributed by atoms with E-state index in [1.165, 1.54) is 0 Å². The number of benzene rings is 2. The van der Waals surface area contributed by atoms with Crippen LogP contribution in [0.5, 0.6) is 0 Å². The van der Waals surface area contributed by atoms with Crippen molar-refractivity contribution in [3.63, 3.8) is 0 Å². The zero-order valence-corrected chi connectivity index (χ0v) is 13.8. The molecular formula is C21H24O3. The van der Waals surface area contributed by atoms with Crippen molar-refractivity contribution in [2.24, 2.45) is 0 Å². The van der Waals surface area contributed by atoms with Gasteiger partial charge in [-0.25, -0.2) is 0 Å². The lowest BCUT2D eigenvalue weighted by atomic mass is 10.1. The summed E-state index contributed by atoms with van der Waals surface area (Å²) in [4.78, 5) is 0. The van der Waals surface area contributed by atoms with Crippen LogP contribution < -0.4 is 0 Å². The normalized spacial score (nSPS) is 18.8. The lowest BCUT2D eigenvalue weighted by molar-refractivity contribution is -0.0935. The fraction of sp³-hybridized carbons (Fsp3) is 0.333. The maximum Gasteiger partial charge on any atom is 0.113 e. The Balaban J connectivity index is 1.60. The first kappa shape index (κ1) is 16.9. The predicted octanol–water partition coefficient (Wildman–Crippen LogP) is 4.13. The van der Waals surface area contributed by atoms with E-state index in [1.807, 2.05) is 42.5 Å². The monoisotopic (exact) mass is 324 g/mol. The maximum atomic E-state index is 6.16. The molecule has 1 fully saturated rings. The van der Waals surface area contributed by atoms with Gasteiger partial charge in [0, 0.05) is 0 Å². The van der Waals surface area contributed by atoms with Gasteiger partial charge in [0.25, 0.3) is 0 Å². The molecule has 0 aliphatic carbocycles. The summed E-state index contributed by atoms with van der Waals surface area (Å²) in [5.74, 6) is 0. The SMILES string of the molecule is C=CC[C@@H](OCc1ccccc1)[C@H](OCc1ccccc1)[C@H]1CO1. The van der Waals surface area contributed by atoms with Gasteiger partial charge in [-0.05, 0) is 17.5 Å². The summed E-state index contributed by atoms with van der Waals surface area (Å²) in [6.07, 6.45) is 2.61. The first-order chi connectivity index (χ1) is 11.9. The van der Waals surface area contributed by atoms with Crippen LogP contribution in [0.4, 0.5) is 0 Å². The van der Waals surface area contributed by atoms with Gasteiger partial charge in [-0.1, -0.05) is 66.7 Å². The van der Waals surface area contributed by atoms with E-state index in [1.54, 1.807) is 0 Å². The molecular weight excluding hydrogens is 300 g/mol. The maximum absolute atomic E-state index is 6.16. The third-order valence-corrected chi connectivity index (χ3v) is 4.08. The topological polar surface area (TPSA) is 31.0 Å². The second-order valence-corrected chi connectivity index (χ2v) is 5.99. The van der Waals surface area contributed by atoms with Crippen molar-refractivity contribution in [2.45, 2.75) is 37.9 Å². The van der Waals surface area contributed by atoms with Crippen molar-refractivity contribution >= 4 is 0 Å². The van der Waals surface area contributed by atoms with Crippen LogP contribution in [0.1, 0.15) is 17.5 Å². The molecule has 0 aromatic heterocycles. The highest BCUT2D eigenvalue weighted by atomic mass is 16.6. The zero-order chi connectivity index (χ0) is 16.6. The highest BCUT2D eigenvalue weighted by Crippen LogP contribution is 2.25. The average Bonchev–Trinajstić information content (AvgIpc) is 3.46. The minimum absolute atomic E-state index is 0.0566. The minimum atomic E-state index is -0.0769. The molecule has 1 aliphatic rings. The van der Waals surface area contributed by atoms with Gasteiger partial charge in [-0.2, -0.15) is 0 Å². The zero-order valence-electron chi connectivity index (χ0n) is 13.8. The van der Waals surface area contributed by atoms with Crippen molar-refractivity contribution in [1.82, 2.24) is 0 Å². The van der Waals surface area contributed by atoms with Gasteiger partial charge in [0.2, 0.25) is 0 Å². The molecule has 2 aromatic rings. The van der Waals surface area contributed by atoms with Crippen molar-refractivity contribution in [3.05, 3.63) is 84.4 Å². The molecule has 3 nitrogen and oxygen atoms in total. The Labute approximate surface area is 143 Å². The van der Waals surface area contributed by atoms with E-state index in [9.17, 15) is 0 Å². The third-order valence-electron chi connectivity index (χ3n) is 4.08. The summed E-state index contributed by atoms with van der Waals surface area (Å²) in [5.41, 5.74) is 2.31. The summed E-state index contributed by atoms with van der Waals surface area (Å²) < 4.78 is 17.8. The first-order valence-corrected chi connectivity index (χ1v) is 8.40. The van der Waals surface area contributed by atoms with E-state index in [2.05, 4.69) is 30.8 Å². The Morgan fingerprint density at radius 2 is 1.50 bits per heavy atom. The fourth-order valence-corrected chi connectivity index (χ4v) is 2.70. The van der Waals surface area contributed by atoms with Crippen LogP contribution in [0.3, 0.4) is 0 Å². The largest absolute Gasteiger partial charge is 0.370 e. The molecule has 0 spiro atoms. The van der Waals surface area contributed by atoms with Crippen LogP contribution in [0.2, 0.25) is 0 Å². The van der Waals surface area contributed by atoms with Gasteiger partial charge in [0.1, 0.15) is 12.2 Å². The Bertz CT molecular complexity index is 607. The quantitative estimate of drug-likeness (QED) is 0.486. The van der Waals surface area contributed by atoms with Crippen LogP contribution in [0.25, 0.3) is 0 Å². The van der Waals surface area contributed by atoms with E-state index in [-0.39, 0.29) is 18.3 Å². The fourth-order valence-electron chi connectivity index (χ4n) is 2.70. The van der Waals surface area contributed by atoms with Crippen LogP contribution in [0, 0.1) is 0 Å². The van der Waals surface area contributed by atoms with Crippen LogP contribution in [-0.2, 0) is 27.4 Å². The highest BCUT2D eigenvalue weighted by Gasteiger charge is 2.39. The van der Waals surface area contributed by atoms with Crippen molar-refractivity contribution in [3.8, 4) is 0 Å². The molecule has 1 aliphatic heterocycles. The summed E-state index contributed by atoms with van der Waals surface area (Å²) in [6.45, 7) is 5.73. The summed E-state index contributed by atoms with van der Waals surface area (Å²) in [5, 5.41) is 0. The number of hydrogen-bond acceptors (Lipinski definition) is 3. The van der Waals surface area contributed by atoms with E-state index in [0.717, 1.165) is 24.2 Å². The van der Waals surface area contributed by atoms with Crippen molar-refractivity contribution in [2.75, 3.05) is 6.61 Å². The molecule has 0 bridgehead atoms. The lowest BCUT2D eigenvalue weighted by Gasteiger charge is -2.26. The Morgan fingerprint density at radius 3 is 2.00 bits per heavy atom. The molecule has 3 rings (SSSR count). The molecule has 0 saturated carbocycles. The van der Waals surface area contributed by atoms with Gasteiger partial charge in [0.15, 0.2) is 0 Å². The number of hydrogen-bond donors (Lipinski definition) is 0. The van der Waals surface area contributed by atoms with Gasteiger partial charge in [-0.3, -0.25) is 0 Å². The molecule has 0 unspecified atom stereocenters. The minimum Gasteiger partial charge on any atom is -0.370 e. The number of ether oxygens (including phenoxy) is 3. The second kappa shape index (κ2) is 8.78. The Hall–Kier alpha value is -1.94. The first-order valence-electron chi connectivity index (χ1n) is 8.40. The smallest absolute Gasteiger partial charge is 0.113 e. The standard InChI is InChI=1S/C21H24O3/c1-2-9-19(22-14-17-10-5-3-6-11-17)21(20-16-23-20)24-15-18-12-7-4-8-13-18/h2-8,10-13,19-21H,1,9,14-16H2/t19-,20-,21+/m1/s1. The van der Waals surface area contributed by atoms with Gasteiger partial charge < -0.3 is 14.2 Å². The van der Waals surface area contributed by atoms with E-state index < -0.39 is 0 Å². The highest BCUT2D eigenvalue weighted by molar-refractivity contribution is 5.14. The molecule has 3 heteroatoms. The molecule has 126 valence electrons. The Morgan fingerprint density at radius 1 is 0.958 bits per heavy atom. The van der Waals surface area contributed by atoms with Crippen molar-refractivity contribution in [1.29, 1.82) is 0 Å². The summed E-state index contributed by atoms with van der Waals surface area (Å²) in [6, 6.07) is 20.4. The molecule has 0 N–H and O–H groups in total. The molecule has 1 saturated heterocycles. The predicted molar refractivity (Wildman–Crippen MR) is 94.6 cm³/mol. The average molecular weight is 324 g/mol. The molecule has 0 amide bonds. The number of epoxide rings is 1. The van der Waals surface area contributed by atoms with Crippen LogP contribution >= 0.6 is 0 Å². The second-order valence-electron chi connectivity index (χ2n) is 5.99. The summed E-state index contributed by atoms with van der Waals surface area (Å²) in [7, 11) is 0. The van der Waals surface area contributed by atoms with Crippen molar-refractivity contribution < 1.29 is 14.2 Å². The lowest BCUT2D eigenvalue weighted by Crippen LogP contribution is -2.36.